The van der Waals surface area contributed by atoms with Crippen molar-refractivity contribution in [2.45, 2.75) is 19.3 Å². The molecule has 0 radical (unpaired) electrons. The topological polar surface area (TPSA) is 84.7 Å². The van der Waals surface area contributed by atoms with E-state index in [9.17, 15) is 14.5 Å². The van der Waals surface area contributed by atoms with Crippen LogP contribution in [0.3, 0.4) is 0 Å². The van der Waals surface area contributed by atoms with Crippen LogP contribution in [0.2, 0.25) is 0 Å². The summed E-state index contributed by atoms with van der Waals surface area (Å²) in [6, 6.07) is 16.8. The molecule has 0 saturated heterocycles. The second-order valence-corrected chi connectivity index (χ2v) is 6.95. The van der Waals surface area contributed by atoms with Crippen molar-refractivity contribution in [1.82, 2.24) is 15.2 Å². The fourth-order valence-electron chi connectivity index (χ4n) is 3.46. The molecule has 0 unspecified atom stereocenters. The van der Waals surface area contributed by atoms with Crippen LogP contribution in [-0.2, 0) is 12.8 Å². The third kappa shape index (κ3) is 4.25. The highest BCUT2D eigenvalue weighted by Gasteiger charge is 2.17. The van der Waals surface area contributed by atoms with Gasteiger partial charge in [0.2, 0.25) is 0 Å². The number of non-ortho nitro benzene ring substituents is 1. The first-order valence-corrected chi connectivity index (χ1v) is 9.59. The summed E-state index contributed by atoms with van der Waals surface area (Å²) in [4.78, 5) is 14.5. The van der Waals surface area contributed by atoms with Gasteiger partial charge in [-0.3, -0.25) is 20.2 Å². The van der Waals surface area contributed by atoms with Gasteiger partial charge in [-0.05, 0) is 66.8 Å². The third-order valence-corrected chi connectivity index (χ3v) is 4.97. The van der Waals surface area contributed by atoms with E-state index in [4.69, 9.17) is 0 Å². The quantitative estimate of drug-likeness (QED) is 0.333. The van der Waals surface area contributed by atoms with Gasteiger partial charge in [-0.1, -0.05) is 12.1 Å². The maximum absolute atomic E-state index is 13.4. The van der Waals surface area contributed by atoms with Gasteiger partial charge in [0.25, 0.3) is 5.69 Å². The zero-order chi connectivity index (χ0) is 20.9. The Morgan fingerprint density at radius 1 is 0.900 bits per heavy atom. The Balaban J connectivity index is 1.57. The van der Waals surface area contributed by atoms with Crippen LogP contribution in [0.1, 0.15) is 17.7 Å². The van der Waals surface area contributed by atoms with Gasteiger partial charge in [-0.2, -0.15) is 5.10 Å². The van der Waals surface area contributed by atoms with Crippen molar-refractivity contribution in [1.29, 1.82) is 0 Å². The lowest BCUT2D eigenvalue weighted by Gasteiger charge is -2.07. The van der Waals surface area contributed by atoms with Crippen LogP contribution in [-0.4, -0.2) is 20.1 Å². The summed E-state index contributed by atoms with van der Waals surface area (Å²) in [5, 5.41) is 18.4. The van der Waals surface area contributed by atoms with E-state index in [2.05, 4.69) is 15.2 Å². The molecule has 6 nitrogen and oxygen atoms in total. The SMILES string of the molecule is O=[N+]([O-])c1ccc(CCCc2[nH]nc(-c3ccc(F)cc3)c2-c2ccncc2)cc1. The van der Waals surface area contributed by atoms with Crippen LogP contribution >= 0.6 is 0 Å². The van der Waals surface area contributed by atoms with Crippen LogP contribution in [0, 0.1) is 15.9 Å². The molecule has 0 fully saturated rings. The third-order valence-electron chi connectivity index (χ3n) is 4.97. The Kier molecular flexibility index (Phi) is 5.61. The van der Waals surface area contributed by atoms with Crippen molar-refractivity contribution in [3.05, 3.63) is 100 Å². The summed E-state index contributed by atoms with van der Waals surface area (Å²) in [5.74, 6) is -0.289. The molecule has 150 valence electrons. The van der Waals surface area contributed by atoms with Crippen molar-refractivity contribution in [2.75, 3.05) is 0 Å². The van der Waals surface area contributed by atoms with Gasteiger partial charge >= 0.3 is 0 Å². The summed E-state index contributed by atoms with van der Waals surface area (Å²) in [5.41, 5.74) is 5.70. The summed E-state index contributed by atoms with van der Waals surface area (Å²) >= 11 is 0. The van der Waals surface area contributed by atoms with Crippen LogP contribution in [0.4, 0.5) is 10.1 Å². The summed E-state index contributed by atoms with van der Waals surface area (Å²) < 4.78 is 13.4. The van der Waals surface area contributed by atoms with Gasteiger partial charge in [-0.15, -0.1) is 0 Å². The molecule has 30 heavy (non-hydrogen) atoms. The van der Waals surface area contributed by atoms with Crippen molar-refractivity contribution in [3.63, 3.8) is 0 Å². The highest BCUT2D eigenvalue weighted by Crippen LogP contribution is 2.33. The van der Waals surface area contributed by atoms with Crippen molar-refractivity contribution in [2.24, 2.45) is 0 Å². The van der Waals surface area contributed by atoms with E-state index in [1.165, 1.54) is 24.3 Å². The number of aromatic amines is 1. The van der Waals surface area contributed by atoms with E-state index < -0.39 is 4.92 Å². The van der Waals surface area contributed by atoms with E-state index in [-0.39, 0.29) is 11.5 Å². The maximum Gasteiger partial charge on any atom is 0.269 e. The highest BCUT2D eigenvalue weighted by molar-refractivity contribution is 5.82. The van der Waals surface area contributed by atoms with E-state index in [1.807, 2.05) is 12.1 Å². The molecule has 0 spiro atoms. The van der Waals surface area contributed by atoms with Crippen molar-refractivity contribution < 1.29 is 9.31 Å². The Labute approximate surface area is 172 Å². The fraction of sp³-hybridized carbons (Fsp3) is 0.130. The number of nitrogens with one attached hydrogen (secondary N) is 1. The minimum Gasteiger partial charge on any atom is -0.281 e. The average molecular weight is 402 g/mol. The molecular formula is C23H19FN4O2. The van der Waals surface area contributed by atoms with Gasteiger partial charge in [0.15, 0.2) is 0 Å². The fourth-order valence-corrected chi connectivity index (χ4v) is 3.46. The van der Waals surface area contributed by atoms with Crippen molar-refractivity contribution in [3.8, 4) is 22.4 Å². The Hall–Kier alpha value is -3.87. The lowest BCUT2D eigenvalue weighted by molar-refractivity contribution is -0.384. The van der Waals surface area contributed by atoms with Crippen LogP contribution in [0.15, 0.2) is 73.1 Å². The molecule has 0 bridgehead atoms. The molecule has 7 heteroatoms. The Morgan fingerprint density at radius 3 is 2.27 bits per heavy atom. The van der Waals surface area contributed by atoms with Gasteiger partial charge in [0.1, 0.15) is 11.5 Å². The summed E-state index contributed by atoms with van der Waals surface area (Å²) in [6.45, 7) is 0. The standard InChI is InChI=1S/C23H19FN4O2/c24-19-8-6-18(7-9-19)23-22(17-12-14-25-15-13-17)21(26-27-23)3-1-2-16-4-10-20(11-5-16)28(29)30/h4-15H,1-3H2,(H,26,27). The minimum atomic E-state index is -0.396. The molecule has 1 N–H and O–H groups in total. The number of nitro benzene ring substituents is 1. The van der Waals surface area contributed by atoms with E-state index >= 15 is 0 Å². The predicted octanol–water partition coefficient (Wildman–Crippen LogP) is 5.36. The molecule has 4 rings (SSSR count). The molecule has 2 aromatic carbocycles. The molecule has 4 aromatic rings. The number of rotatable bonds is 7. The number of H-pyrrole nitrogens is 1. The number of aryl methyl sites for hydroxylation is 2. The number of aromatic nitrogens is 3. The highest BCUT2D eigenvalue weighted by atomic mass is 19.1. The summed E-state index contributed by atoms with van der Waals surface area (Å²) in [6.07, 6.45) is 5.86. The number of pyridine rings is 1. The Bertz CT molecular complexity index is 1140. The second kappa shape index (κ2) is 8.65. The number of hydrogen-bond acceptors (Lipinski definition) is 4. The molecule has 0 amide bonds. The molecule has 0 saturated carbocycles. The first-order chi connectivity index (χ1) is 14.6. The van der Waals surface area contributed by atoms with E-state index in [0.29, 0.717) is 0 Å². The van der Waals surface area contributed by atoms with Gasteiger partial charge < -0.3 is 0 Å². The smallest absolute Gasteiger partial charge is 0.269 e. The number of halogens is 1. The van der Waals surface area contributed by atoms with Crippen LogP contribution < -0.4 is 0 Å². The molecule has 0 aliphatic carbocycles. The zero-order valence-corrected chi connectivity index (χ0v) is 16.1. The lowest BCUT2D eigenvalue weighted by atomic mass is 9.97. The monoisotopic (exact) mass is 402 g/mol. The molecule has 0 aliphatic rings. The average Bonchev–Trinajstić information content (AvgIpc) is 3.19. The molecule has 0 atom stereocenters. The predicted molar refractivity (Wildman–Crippen MR) is 112 cm³/mol. The molecular weight excluding hydrogens is 383 g/mol. The lowest BCUT2D eigenvalue weighted by Crippen LogP contribution is -1.94. The largest absolute Gasteiger partial charge is 0.281 e. The Morgan fingerprint density at radius 2 is 1.60 bits per heavy atom. The van der Waals surface area contributed by atoms with Gasteiger partial charge in [0, 0.05) is 41.3 Å². The first kappa shape index (κ1) is 19.4. The van der Waals surface area contributed by atoms with Gasteiger partial charge in [-0.25, -0.2) is 4.39 Å². The zero-order valence-electron chi connectivity index (χ0n) is 16.1. The minimum absolute atomic E-state index is 0.0937. The summed E-state index contributed by atoms with van der Waals surface area (Å²) in [7, 11) is 0. The van der Waals surface area contributed by atoms with E-state index in [1.54, 1.807) is 36.7 Å². The van der Waals surface area contributed by atoms with Gasteiger partial charge in [0.05, 0.1) is 4.92 Å². The van der Waals surface area contributed by atoms with E-state index in [0.717, 1.165) is 52.9 Å². The van der Waals surface area contributed by atoms with Crippen LogP contribution in [0.25, 0.3) is 22.4 Å². The number of benzene rings is 2. The second-order valence-electron chi connectivity index (χ2n) is 6.95. The molecule has 2 heterocycles. The number of nitrogens with zero attached hydrogens (tertiary/aromatic N) is 3. The first-order valence-electron chi connectivity index (χ1n) is 9.59. The number of hydrogen-bond donors (Lipinski definition) is 1. The normalized spacial score (nSPS) is 10.8. The molecule has 0 aliphatic heterocycles. The van der Waals surface area contributed by atoms with Crippen molar-refractivity contribution >= 4 is 5.69 Å². The molecule has 2 aromatic heterocycles. The van der Waals surface area contributed by atoms with Crippen LogP contribution in [0.5, 0.6) is 0 Å². The maximum atomic E-state index is 13.4. The number of nitro groups is 1.